The summed E-state index contributed by atoms with van der Waals surface area (Å²) < 4.78 is 0. The first-order valence-corrected chi connectivity index (χ1v) is 3.68. The van der Waals surface area contributed by atoms with Gasteiger partial charge in [-0.1, -0.05) is 0 Å². The van der Waals surface area contributed by atoms with E-state index in [4.69, 9.17) is 0 Å². The lowest BCUT2D eigenvalue weighted by Gasteiger charge is -2.25. The molecule has 1 unspecified atom stereocenters. The molecule has 0 N–H and O–H groups in total. The fraction of sp³-hybridized carbons (Fsp3) is 0.714. The third-order valence-corrected chi connectivity index (χ3v) is 1.96. The van der Waals surface area contributed by atoms with Crippen LogP contribution in [0, 0.1) is 0 Å². The number of hydrazone groups is 1. The van der Waals surface area contributed by atoms with Gasteiger partial charge in [0, 0.05) is 31.3 Å². The molecule has 0 aromatic heterocycles. The molecule has 0 aromatic carbocycles. The lowest BCUT2D eigenvalue weighted by atomic mass is 10.2. The topological polar surface area (TPSA) is 28.0 Å². The van der Waals surface area contributed by atoms with Crippen molar-refractivity contribution in [1.82, 2.24) is 5.01 Å². The minimum Gasteiger partial charge on any atom is -0.272 e. The lowest BCUT2D eigenvalue weighted by Crippen LogP contribution is -2.31. The van der Waals surface area contributed by atoms with Crippen LogP contribution in [0.3, 0.4) is 0 Å². The monoisotopic (exact) mass is 137 g/mol. The standard InChI is InChI=1S/C7H11N3/c1-6-3-5-10-7(9-6)2-4-8-10/h4,7H,2-3,5H2,1H3. The van der Waals surface area contributed by atoms with Crippen molar-refractivity contribution in [3.8, 4) is 0 Å². The van der Waals surface area contributed by atoms with E-state index in [0.29, 0.717) is 6.17 Å². The predicted octanol–water partition coefficient (Wildman–Crippen LogP) is 0.869. The van der Waals surface area contributed by atoms with Gasteiger partial charge >= 0.3 is 0 Å². The molecule has 3 heteroatoms. The van der Waals surface area contributed by atoms with E-state index in [1.54, 1.807) is 0 Å². The molecule has 2 aliphatic rings. The maximum atomic E-state index is 4.46. The maximum absolute atomic E-state index is 4.46. The summed E-state index contributed by atoms with van der Waals surface area (Å²) in [4.78, 5) is 4.46. The third kappa shape index (κ3) is 0.818. The first kappa shape index (κ1) is 5.89. The summed E-state index contributed by atoms with van der Waals surface area (Å²) in [6.07, 6.45) is 4.37. The fourth-order valence-electron chi connectivity index (χ4n) is 1.37. The number of hydrogen-bond donors (Lipinski definition) is 0. The summed E-state index contributed by atoms with van der Waals surface area (Å²) in [6, 6.07) is 0. The molecule has 0 fully saturated rings. The fourth-order valence-corrected chi connectivity index (χ4v) is 1.37. The van der Waals surface area contributed by atoms with Crippen LogP contribution in [0.5, 0.6) is 0 Å². The minimum atomic E-state index is 0.341. The number of fused-ring (bicyclic) bond motifs is 1. The number of hydrogen-bond acceptors (Lipinski definition) is 3. The minimum absolute atomic E-state index is 0.341. The molecule has 2 rings (SSSR count). The van der Waals surface area contributed by atoms with Gasteiger partial charge in [-0.15, -0.1) is 0 Å². The van der Waals surface area contributed by atoms with Gasteiger partial charge in [-0.25, -0.2) is 0 Å². The van der Waals surface area contributed by atoms with Crippen LogP contribution in [0.15, 0.2) is 10.1 Å². The first-order chi connectivity index (χ1) is 4.86. The zero-order valence-corrected chi connectivity index (χ0v) is 6.12. The molecule has 0 saturated heterocycles. The molecule has 0 aromatic rings. The van der Waals surface area contributed by atoms with Gasteiger partial charge < -0.3 is 0 Å². The molecule has 10 heavy (non-hydrogen) atoms. The van der Waals surface area contributed by atoms with Crippen LogP contribution in [-0.4, -0.2) is 29.6 Å². The van der Waals surface area contributed by atoms with Gasteiger partial charge in [-0.3, -0.25) is 10.0 Å². The maximum Gasteiger partial charge on any atom is 0.141 e. The molecular formula is C7H11N3. The summed E-state index contributed by atoms with van der Waals surface area (Å²) in [5, 5.41) is 6.26. The van der Waals surface area contributed by atoms with Gasteiger partial charge in [-0.2, -0.15) is 5.10 Å². The van der Waals surface area contributed by atoms with Crippen LogP contribution in [0.4, 0.5) is 0 Å². The predicted molar refractivity (Wildman–Crippen MR) is 41.3 cm³/mol. The van der Waals surface area contributed by atoms with Crippen LogP contribution in [0.1, 0.15) is 19.8 Å². The second-order valence-corrected chi connectivity index (χ2v) is 2.79. The summed E-state index contributed by atoms with van der Waals surface area (Å²) in [6.45, 7) is 3.14. The van der Waals surface area contributed by atoms with E-state index < -0.39 is 0 Å². The second kappa shape index (κ2) is 2.08. The van der Waals surface area contributed by atoms with Crippen molar-refractivity contribution in [1.29, 1.82) is 0 Å². The Balaban J connectivity index is 2.17. The van der Waals surface area contributed by atoms with E-state index in [-0.39, 0.29) is 0 Å². The number of rotatable bonds is 0. The van der Waals surface area contributed by atoms with Crippen molar-refractivity contribution in [2.45, 2.75) is 25.9 Å². The van der Waals surface area contributed by atoms with Crippen LogP contribution in [-0.2, 0) is 0 Å². The van der Waals surface area contributed by atoms with Crippen LogP contribution < -0.4 is 0 Å². The van der Waals surface area contributed by atoms with Gasteiger partial charge in [-0.05, 0) is 6.92 Å². The smallest absolute Gasteiger partial charge is 0.141 e. The molecule has 0 aliphatic carbocycles. The normalized spacial score (nSPS) is 30.3. The highest BCUT2D eigenvalue weighted by Gasteiger charge is 2.22. The van der Waals surface area contributed by atoms with Gasteiger partial charge in [0.15, 0.2) is 0 Å². The van der Waals surface area contributed by atoms with Crippen molar-refractivity contribution >= 4 is 11.9 Å². The number of nitrogens with zero attached hydrogens (tertiary/aromatic N) is 3. The van der Waals surface area contributed by atoms with Gasteiger partial charge in [0.05, 0.1) is 0 Å². The highest BCUT2D eigenvalue weighted by atomic mass is 15.5. The Hall–Kier alpha value is -0.860. The third-order valence-electron chi connectivity index (χ3n) is 1.96. The van der Waals surface area contributed by atoms with Crippen LogP contribution >= 0.6 is 0 Å². The molecule has 2 aliphatic heterocycles. The molecular weight excluding hydrogens is 126 g/mol. The van der Waals surface area contributed by atoms with E-state index in [1.165, 1.54) is 5.71 Å². The molecule has 54 valence electrons. The second-order valence-electron chi connectivity index (χ2n) is 2.79. The van der Waals surface area contributed by atoms with Gasteiger partial charge in [0.2, 0.25) is 0 Å². The zero-order valence-electron chi connectivity index (χ0n) is 6.12. The van der Waals surface area contributed by atoms with Gasteiger partial charge in [0.25, 0.3) is 0 Å². The van der Waals surface area contributed by atoms with Crippen molar-refractivity contribution in [3.63, 3.8) is 0 Å². The Labute approximate surface area is 60.4 Å². The van der Waals surface area contributed by atoms with Gasteiger partial charge in [0.1, 0.15) is 6.17 Å². The van der Waals surface area contributed by atoms with E-state index in [1.807, 2.05) is 6.21 Å². The van der Waals surface area contributed by atoms with Crippen molar-refractivity contribution in [2.24, 2.45) is 10.1 Å². The molecule has 0 bridgehead atoms. The Bertz CT molecular complexity index is 195. The SMILES string of the molecule is CC1=NC2CC=NN2CC1. The number of aliphatic imine (C=N–C) groups is 1. The summed E-state index contributed by atoms with van der Waals surface area (Å²) in [7, 11) is 0. The zero-order chi connectivity index (χ0) is 6.97. The summed E-state index contributed by atoms with van der Waals surface area (Å²) in [5.41, 5.74) is 1.27. The molecule has 1 atom stereocenters. The Kier molecular flexibility index (Phi) is 1.22. The largest absolute Gasteiger partial charge is 0.272 e. The van der Waals surface area contributed by atoms with Crippen LogP contribution in [0.25, 0.3) is 0 Å². The molecule has 0 radical (unpaired) electrons. The average Bonchev–Trinajstić information content (AvgIpc) is 2.33. The van der Waals surface area contributed by atoms with Crippen molar-refractivity contribution < 1.29 is 0 Å². The molecule has 0 spiro atoms. The van der Waals surface area contributed by atoms with Crippen molar-refractivity contribution in [3.05, 3.63) is 0 Å². The molecule has 3 nitrogen and oxygen atoms in total. The first-order valence-electron chi connectivity index (χ1n) is 3.68. The van der Waals surface area contributed by atoms with Crippen molar-refractivity contribution in [2.75, 3.05) is 6.54 Å². The lowest BCUT2D eigenvalue weighted by molar-refractivity contribution is 0.232. The van der Waals surface area contributed by atoms with Crippen LogP contribution in [0.2, 0.25) is 0 Å². The molecule has 0 amide bonds. The Morgan fingerprint density at radius 2 is 2.60 bits per heavy atom. The summed E-state index contributed by atoms with van der Waals surface area (Å²) >= 11 is 0. The molecule has 0 saturated carbocycles. The molecule has 2 heterocycles. The Morgan fingerprint density at radius 3 is 3.50 bits per heavy atom. The van der Waals surface area contributed by atoms with E-state index >= 15 is 0 Å². The van der Waals surface area contributed by atoms with E-state index in [2.05, 4.69) is 22.0 Å². The highest BCUT2D eigenvalue weighted by molar-refractivity contribution is 5.83. The van der Waals surface area contributed by atoms with E-state index in [0.717, 1.165) is 19.4 Å². The highest BCUT2D eigenvalue weighted by Crippen LogP contribution is 2.17. The Morgan fingerprint density at radius 1 is 1.70 bits per heavy atom. The average molecular weight is 137 g/mol. The summed E-state index contributed by atoms with van der Waals surface area (Å²) in [5.74, 6) is 0. The quantitative estimate of drug-likeness (QED) is 0.487. The van der Waals surface area contributed by atoms with E-state index in [9.17, 15) is 0 Å².